The molecule has 0 aromatic carbocycles. The summed E-state index contributed by atoms with van der Waals surface area (Å²) in [5.41, 5.74) is 7.12. The summed E-state index contributed by atoms with van der Waals surface area (Å²) in [7, 11) is 0. The lowest BCUT2D eigenvalue weighted by Crippen LogP contribution is -2.27. The summed E-state index contributed by atoms with van der Waals surface area (Å²) in [6.45, 7) is 8.46. The van der Waals surface area contributed by atoms with Crippen molar-refractivity contribution < 1.29 is 0 Å². The molecule has 0 saturated carbocycles. The minimum Gasteiger partial charge on any atom is -0.388 e. The van der Waals surface area contributed by atoms with Crippen LogP contribution in [0.5, 0.6) is 0 Å². The van der Waals surface area contributed by atoms with Gasteiger partial charge in [-0.15, -0.1) is 0 Å². The summed E-state index contributed by atoms with van der Waals surface area (Å²) >= 11 is 0. The maximum Gasteiger partial charge on any atom is 0.0498 e. The molecule has 0 aromatic rings. The second-order valence-corrected chi connectivity index (χ2v) is 4.14. The normalized spacial score (nSPS) is 11.9. The van der Waals surface area contributed by atoms with E-state index in [9.17, 15) is 0 Å². The molecule has 0 heterocycles. The lowest BCUT2D eigenvalue weighted by atomic mass is 10.1. The number of nitrogens with two attached hydrogens (primary N) is 1. The highest BCUT2D eigenvalue weighted by atomic mass is 14.9. The first-order valence-electron chi connectivity index (χ1n) is 6.05. The minimum absolute atomic E-state index is 0.416. The molecule has 0 spiro atoms. The highest BCUT2D eigenvalue weighted by Crippen LogP contribution is 2.01. The Hall–Kier alpha value is -0.870. The van der Waals surface area contributed by atoms with E-state index < -0.39 is 0 Å². The molecule has 94 valence electrons. The van der Waals surface area contributed by atoms with Crippen molar-refractivity contribution in [3.63, 3.8) is 0 Å². The zero-order valence-corrected chi connectivity index (χ0v) is 10.8. The number of hydrogen-bond acceptors (Lipinski definition) is 4. The van der Waals surface area contributed by atoms with Crippen LogP contribution in [0.15, 0.2) is 11.8 Å². The summed E-state index contributed by atoms with van der Waals surface area (Å²) in [6.07, 6.45) is 3.80. The summed E-state index contributed by atoms with van der Waals surface area (Å²) in [5, 5.41) is 14.4. The second kappa shape index (κ2) is 9.36. The highest BCUT2D eigenvalue weighted by Gasteiger charge is 2.02. The fourth-order valence-electron chi connectivity index (χ4n) is 1.22. The molecule has 0 aliphatic carbocycles. The molecule has 0 aromatic heterocycles. The van der Waals surface area contributed by atoms with Gasteiger partial charge in [-0.25, -0.2) is 0 Å². The zero-order valence-electron chi connectivity index (χ0n) is 10.8. The first-order valence-corrected chi connectivity index (χ1v) is 6.05. The maximum absolute atomic E-state index is 7.92. The Bertz CT molecular complexity index is 221. The van der Waals surface area contributed by atoms with Crippen LogP contribution in [0.25, 0.3) is 0 Å². The van der Waals surface area contributed by atoms with E-state index in [0.717, 1.165) is 25.0 Å². The maximum atomic E-state index is 7.92. The topological polar surface area (TPSA) is 73.9 Å². The van der Waals surface area contributed by atoms with Gasteiger partial charge in [-0.2, -0.15) is 0 Å². The van der Waals surface area contributed by atoms with Crippen molar-refractivity contribution in [2.24, 2.45) is 5.73 Å². The van der Waals surface area contributed by atoms with Crippen LogP contribution in [0, 0.1) is 5.41 Å². The molecular weight excluding hydrogens is 200 g/mol. The molecule has 5 N–H and O–H groups in total. The van der Waals surface area contributed by atoms with Crippen LogP contribution in [-0.4, -0.2) is 31.4 Å². The van der Waals surface area contributed by atoms with E-state index in [1.165, 1.54) is 0 Å². The third kappa shape index (κ3) is 7.43. The predicted molar refractivity (Wildman–Crippen MR) is 70.9 cm³/mol. The molecule has 0 fully saturated rings. The van der Waals surface area contributed by atoms with E-state index in [1.54, 1.807) is 0 Å². The van der Waals surface area contributed by atoms with Crippen molar-refractivity contribution in [1.82, 2.24) is 10.6 Å². The SMILES string of the molecule is CC/C(=C/NC(C)C)C(=N)CNCCCN. The van der Waals surface area contributed by atoms with Gasteiger partial charge in [-0.3, -0.25) is 0 Å². The van der Waals surface area contributed by atoms with Gasteiger partial charge in [-0.1, -0.05) is 6.92 Å². The first kappa shape index (κ1) is 15.1. The first-order chi connectivity index (χ1) is 7.61. The molecule has 0 aliphatic rings. The fraction of sp³-hybridized carbons (Fsp3) is 0.750. The molecule has 0 saturated heterocycles. The van der Waals surface area contributed by atoms with E-state index in [0.29, 0.717) is 24.8 Å². The zero-order chi connectivity index (χ0) is 12.4. The molecule has 0 rings (SSSR count). The van der Waals surface area contributed by atoms with Crippen LogP contribution in [0.4, 0.5) is 0 Å². The lowest BCUT2D eigenvalue weighted by Gasteiger charge is -2.11. The Morgan fingerprint density at radius 1 is 1.44 bits per heavy atom. The third-order valence-electron chi connectivity index (χ3n) is 2.22. The molecular formula is C12H26N4. The Morgan fingerprint density at radius 2 is 2.12 bits per heavy atom. The van der Waals surface area contributed by atoms with Crippen LogP contribution in [0.1, 0.15) is 33.6 Å². The van der Waals surface area contributed by atoms with Crippen molar-refractivity contribution >= 4 is 5.71 Å². The minimum atomic E-state index is 0.416. The molecule has 0 amide bonds. The summed E-state index contributed by atoms with van der Waals surface area (Å²) in [6, 6.07) is 0.416. The third-order valence-corrected chi connectivity index (χ3v) is 2.22. The van der Waals surface area contributed by atoms with Gasteiger partial charge >= 0.3 is 0 Å². The van der Waals surface area contributed by atoms with E-state index in [4.69, 9.17) is 11.1 Å². The highest BCUT2D eigenvalue weighted by molar-refractivity contribution is 5.99. The monoisotopic (exact) mass is 226 g/mol. The Morgan fingerprint density at radius 3 is 2.62 bits per heavy atom. The van der Waals surface area contributed by atoms with Gasteiger partial charge in [0.25, 0.3) is 0 Å². The van der Waals surface area contributed by atoms with Crippen LogP contribution < -0.4 is 16.4 Å². The Balaban J connectivity index is 3.96. The van der Waals surface area contributed by atoms with Gasteiger partial charge in [0, 0.05) is 24.5 Å². The lowest BCUT2D eigenvalue weighted by molar-refractivity contribution is 0.694. The van der Waals surface area contributed by atoms with E-state index in [2.05, 4.69) is 31.4 Å². The smallest absolute Gasteiger partial charge is 0.0498 e. The Kier molecular flexibility index (Phi) is 8.85. The van der Waals surface area contributed by atoms with E-state index >= 15 is 0 Å². The molecule has 0 aliphatic heterocycles. The predicted octanol–water partition coefficient (Wildman–Crippen LogP) is 1.24. The van der Waals surface area contributed by atoms with Gasteiger partial charge in [0.15, 0.2) is 0 Å². The second-order valence-electron chi connectivity index (χ2n) is 4.14. The average molecular weight is 226 g/mol. The average Bonchev–Trinajstić information content (AvgIpc) is 2.25. The van der Waals surface area contributed by atoms with Crippen molar-refractivity contribution in [3.05, 3.63) is 11.8 Å². The van der Waals surface area contributed by atoms with Gasteiger partial charge in [0.2, 0.25) is 0 Å². The van der Waals surface area contributed by atoms with Crippen molar-refractivity contribution in [2.45, 2.75) is 39.7 Å². The number of nitrogens with one attached hydrogen (secondary N) is 3. The van der Waals surface area contributed by atoms with Gasteiger partial charge < -0.3 is 21.8 Å². The van der Waals surface area contributed by atoms with Crippen LogP contribution in [0.2, 0.25) is 0 Å². The number of rotatable bonds is 9. The molecule has 0 bridgehead atoms. The molecule has 0 radical (unpaired) electrons. The number of hydrogen-bond donors (Lipinski definition) is 4. The summed E-state index contributed by atoms with van der Waals surface area (Å²) in [5.74, 6) is 0. The van der Waals surface area contributed by atoms with Crippen molar-refractivity contribution in [1.29, 1.82) is 5.41 Å². The van der Waals surface area contributed by atoms with Crippen molar-refractivity contribution in [2.75, 3.05) is 19.6 Å². The largest absolute Gasteiger partial charge is 0.388 e. The standard InChI is InChI=1S/C12H26N4/c1-4-11(8-16-10(2)3)12(14)9-15-7-5-6-13/h8,10,14-16H,4-7,9,13H2,1-3H3/b11-8-,14-12?. The summed E-state index contributed by atoms with van der Waals surface area (Å²) < 4.78 is 0. The van der Waals surface area contributed by atoms with E-state index in [1.807, 2.05) is 6.20 Å². The van der Waals surface area contributed by atoms with Gasteiger partial charge in [0.1, 0.15) is 0 Å². The molecule has 0 unspecified atom stereocenters. The quantitative estimate of drug-likeness (QED) is 0.353. The van der Waals surface area contributed by atoms with Crippen molar-refractivity contribution in [3.8, 4) is 0 Å². The van der Waals surface area contributed by atoms with Crippen LogP contribution in [0.3, 0.4) is 0 Å². The van der Waals surface area contributed by atoms with Crippen LogP contribution >= 0.6 is 0 Å². The van der Waals surface area contributed by atoms with Crippen LogP contribution in [-0.2, 0) is 0 Å². The molecule has 4 heteroatoms. The van der Waals surface area contributed by atoms with Gasteiger partial charge in [-0.05, 0) is 45.4 Å². The van der Waals surface area contributed by atoms with Gasteiger partial charge in [0.05, 0.1) is 0 Å². The molecule has 0 atom stereocenters. The Labute approximate surface area is 99.2 Å². The summed E-state index contributed by atoms with van der Waals surface area (Å²) in [4.78, 5) is 0. The van der Waals surface area contributed by atoms with E-state index in [-0.39, 0.29) is 0 Å². The fourth-order valence-corrected chi connectivity index (χ4v) is 1.22. The molecule has 4 nitrogen and oxygen atoms in total. The molecule has 16 heavy (non-hydrogen) atoms.